The Hall–Kier alpha value is -0.240. The SMILES string of the molecule is CNC(c1cc(C)c(Br)s1)c1c(Br)nnn1C. The maximum absolute atomic E-state index is 4.02. The average molecular weight is 380 g/mol. The summed E-state index contributed by atoms with van der Waals surface area (Å²) in [4.78, 5) is 1.24. The van der Waals surface area contributed by atoms with Crippen molar-refractivity contribution in [1.29, 1.82) is 0 Å². The fourth-order valence-corrected chi connectivity index (χ4v) is 3.93. The van der Waals surface area contributed by atoms with Crippen LogP contribution in [0.1, 0.15) is 22.2 Å². The second-order valence-corrected chi connectivity index (χ2v) is 6.87. The number of nitrogens with one attached hydrogen (secondary N) is 1. The summed E-state index contributed by atoms with van der Waals surface area (Å²) in [5.41, 5.74) is 2.28. The third-order valence-corrected chi connectivity index (χ3v) is 5.32. The molecule has 2 aromatic heterocycles. The number of hydrogen-bond donors (Lipinski definition) is 1. The molecule has 1 unspecified atom stereocenters. The van der Waals surface area contributed by atoms with E-state index < -0.39 is 0 Å². The molecule has 1 N–H and O–H groups in total. The molecule has 0 aliphatic rings. The molecular formula is C10H12Br2N4S. The van der Waals surface area contributed by atoms with Gasteiger partial charge in [0, 0.05) is 11.9 Å². The molecule has 17 heavy (non-hydrogen) atoms. The van der Waals surface area contributed by atoms with Crippen LogP contribution in [0.25, 0.3) is 0 Å². The molecule has 2 aromatic rings. The predicted octanol–water partition coefficient (Wildman–Crippen LogP) is 3.02. The minimum Gasteiger partial charge on any atom is -0.307 e. The summed E-state index contributed by atoms with van der Waals surface area (Å²) in [6.07, 6.45) is 0. The second-order valence-electron chi connectivity index (χ2n) is 3.72. The first-order chi connectivity index (χ1) is 8.04. The van der Waals surface area contributed by atoms with Gasteiger partial charge in [-0.05, 0) is 57.5 Å². The topological polar surface area (TPSA) is 42.7 Å². The van der Waals surface area contributed by atoms with E-state index in [4.69, 9.17) is 0 Å². The summed E-state index contributed by atoms with van der Waals surface area (Å²) in [7, 11) is 3.83. The fourth-order valence-electron chi connectivity index (χ4n) is 1.68. The molecule has 7 heteroatoms. The van der Waals surface area contributed by atoms with Crippen LogP contribution in [-0.2, 0) is 7.05 Å². The summed E-state index contributed by atoms with van der Waals surface area (Å²) in [5.74, 6) is 0. The molecule has 0 fully saturated rings. The molecule has 0 aliphatic heterocycles. The lowest BCUT2D eigenvalue weighted by Crippen LogP contribution is -2.20. The van der Waals surface area contributed by atoms with E-state index in [9.17, 15) is 0 Å². The molecule has 0 saturated carbocycles. The van der Waals surface area contributed by atoms with Crippen molar-refractivity contribution in [2.45, 2.75) is 13.0 Å². The van der Waals surface area contributed by atoms with Crippen LogP contribution in [0, 0.1) is 6.92 Å². The highest BCUT2D eigenvalue weighted by Gasteiger charge is 2.22. The zero-order chi connectivity index (χ0) is 12.6. The van der Waals surface area contributed by atoms with Gasteiger partial charge in [-0.1, -0.05) is 5.21 Å². The van der Waals surface area contributed by atoms with Gasteiger partial charge in [-0.25, -0.2) is 4.68 Å². The third kappa shape index (κ3) is 2.47. The molecule has 0 aliphatic carbocycles. The molecule has 4 nitrogen and oxygen atoms in total. The van der Waals surface area contributed by atoms with Crippen molar-refractivity contribution in [2.75, 3.05) is 7.05 Å². The molecule has 92 valence electrons. The van der Waals surface area contributed by atoms with Crippen molar-refractivity contribution in [2.24, 2.45) is 7.05 Å². The Labute approximate surface area is 121 Å². The van der Waals surface area contributed by atoms with E-state index in [0.29, 0.717) is 0 Å². The second kappa shape index (κ2) is 5.17. The molecule has 0 radical (unpaired) electrons. The van der Waals surface area contributed by atoms with Crippen LogP contribution in [0.5, 0.6) is 0 Å². The van der Waals surface area contributed by atoms with E-state index in [1.165, 1.54) is 14.2 Å². The number of nitrogens with zero attached hydrogens (tertiary/aromatic N) is 3. The van der Waals surface area contributed by atoms with E-state index in [1.807, 2.05) is 14.1 Å². The molecule has 0 saturated heterocycles. The highest BCUT2D eigenvalue weighted by Crippen LogP contribution is 2.35. The molecule has 2 rings (SSSR count). The molecule has 1 atom stereocenters. The average Bonchev–Trinajstić information content (AvgIpc) is 2.77. The van der Waals surface area contributed by atoms with Gasteiger partial charge in [-0.3, -0.25) is 0 Å². The normalized spacial score (nSPS) is 13.0. The molecule has 0 aromatic carbocycles. The molecule has 2 heterocycles. The van der Waals surface area contributed by atoms with E-state index in [-0.39, 0.29) is 6.04 Å². The monoisotopic (exact) mass is 378 g/mol. The summed E-state index contributed by atoms with van der Waals surface area (Å²) in [5, 5.41) is 11.3. The number of aromatic nitrogens is 3. The van der Waals surface area contributed by atoms with Gasteiger partial charge < -0.3 is 5.32 Å². The van der Waals surface area contributed by atoms with Crippen molar-refractivity contribution in [1.82, 2.24) is 20.3 Å². The Bertz CT molecular complexity index is 495. The highest BCUT2D eigenvalue weighted by atomic mass is 79.9. The van der Waals surface area contributed by atoms with Crippen molar-refractivity contribution in [3.8, 4) is 0 Å². The van der Waals surface area contributed by atoms with E-state index in [0.717, 1.165) is 10.3 Å². The molecule has 0 bridgehead atoms. The molecule has 0 spiro atoms. The van der Waals surface area contributed by atoms with Gasteiger partial charge in [0.25, 0.3) is 0 Å². The number of rotatable bonds is 3. The third-order valence-electron chi connectivity index (χ3n) is 2.55. The maximum atomic E-state index is 4.02. The first kappa shape index (κ1) is 13.2. The van der Waals surface area contributed by atoms with Crippen LogP contribution in [-0.4, -0.2) is 22.0 Å². The standard InChI is InChI=1S/C10H12Br2N4S/c1-5-4-6(17-10(5)12)7(13-2)8-9(11)14-15-16(8)3/h4,7,13H,1-3H3. The van der Waals surface area contributed by atoms with E-state index >= 15 is 0 Å². The lowest BCUT2D eigenvalue weighted by molar-refractivity contribution is 0.603. The van der Waals surface area contributed by atoms with Crippen LogP contribution >= 0.6 is 43.2 Å². The number of aryl methyl sites for hydroxylation is 2. The van der Waals surface area contributed by atoms with E-state index in [2.05, 4.69) is 60.5 Å². The summed E-state index contributed by atoms with van der Waals surface area (Å²) in [6, 6.07) is 2.27. The van der Waals surface area contributed by atoms with Crippen LogP contribution in [0.3, 0.4) is 0 Å². The van der Waals surface area contributed by atoms with E-state index in [1.54, 1.807) is 16.0 Å². The van der Waals surface area contributed by atoms with Gasteiger partial charge >= 0.3 is 0 Å². The number of thiophene rings is 1. The van der Waals surface area contributed by atoms with Gasteiger partial charge in [0.05, 0.1) is 15.5 Å². The van der Waals surface area contributed by atoms with Gasteiger partial charge in [0.1, 0.15) is 0 Å². The Morgan fingerprint density at radius 3 is 2.59 bits per heavy atom. The van der Waals surface area contributed by atoms with Gasteiger partial charge in [-0.2, -0.15) is 0 Å². The Kier molecular flexibility index (Phi) is 4.02. The zero-order valence-corrected chi connectivity index (χ0v) is 13.6. The van der Waals surface area contributed by atoms with Crippen molar-refractivity contribution in [3.05, 3.63) is 30.6 Å². The van der Waals surface area contributed by atoms with Crippen LogP contribution in [0.15, 0.2) is 14.5 Å². The number of hydrogen-bond acceptors (Lipinski definition) is 4. The van der Waals surface area contributed by atoms with Gasteiger partial charge in [-0.15, -0.1) is 16.4 Å². The largest absolute Gasteiger partial charge is 0.307 e. The fraction of sp³-hybridized carbons (Fsp3) is 0.400. The lowest BCUT2D eigenvalue weighted by atomic mass is 10.1. The van der Waals surface area contributed by atoms with Crippen molar-refractivity contribution >= 4 is 43.2 Å². The Morgan fingerprint density at radius 2 is 2.18 bits per heavy atom. The minimum atomic E-state index is 0.0966. The van der Waals surface area contributed by atoms with Crippen molar-refractivity contribution < 1.29 is 0 Å². The quantitative estimate of drug-likeness (QED) is 0.891. The van der Waals surface area contributed by atoms with Crippen LogP contribution < -0.4 is 5.32 Å². The first-order valence-corrected chi connectivity index (χ1v) is 7.43. The molecular weight excluding hydrogens is 368 g/mol. The van der Waals surface area contributed by atoms with Crippen LogP contribution in [0.2, 0.25) is 0 Å². The van der Waals surface area contributed by atoms with Gasteiger partial charge in [0.15, 0.2) is 4.60 Å². The summed E-state index contributed by atoms with van der Waals surface area (Å²) >= 11 is 8.72. The van der Waals surface area contributed by atoms with Crippen LogP contribution in [0.4, 0.5) is 0 Å². The van der Waals surface area contributed by atoms with Crippen molar-refractivity contribution in [3.63, 3.8) is 0 Å². The smallest absolute Gasteiger partial charge is 0.153 e. The summed E-state index contributed by atoms with van der Waals surface area (Å²) < 4.78 is 3.73. The van der Waals surface area contributed by atoms with Gasteiger partial charge in [0.2, 0.25) is 0 Å². The Balaban J connectivity index is 2.47. The predicted molar refractivity (Wildman–Crippen MR) is 76.4 cm³/mol. The maximum Gasteiger partial charge on any atom is 0.153 e. The summed E-state index contributed by atoms with van der Waals surface area (Å²) in [6.45, 7) is 2.09. The number of halogens is 2. The zero-order valence-electron chi connectivity index (χ0n) is 9.66. The Morgan fingerprint density at radius 1 is 1.47 bits per heavy atom. The minimum absolute atomic E-state index is 0.0966. The first-order valence-electron chi connectivity index (χ1n) is 5.02. The highest BCUT2D eigenvalue weighted by molar-refractivity contribution is 9.11. The molecule has 0 amide bonds. The lowest BCUT2D eigenvalue weighted by Gasteiger charge is -2.14.